The summed E-state index contributed by atoms with van der Waals surface area (Å²) in [6, 6.07) is 16.4. The molecule has 0 saturated carbocycles. The van der Waals surface area contributed by atoms with Crippen LogP contribution in [0.4, 0.5) is 10.5 Å². The number of H-pyrrole nitrogens is 1. The molecule has 0 bridgehead atoms. The lowest BCUT2D eigenvalue weighted by Crippen LogP contribution is -2.39. The van der Waals surface area contributed by atoms with Gasteiger partial charge in [0.15, 0.2) is 0 Å². The number of carbonyl (C=O) groups is 1. The largest absolute Gasteiger partial charge is 0.412 e. The van der Waals surface area contributed by atoms with E-state index in [1.807, 2.05) is 30.5 Å². The highest BCUT2D eigenvalue weighted by Crippen LogP contribution is 2.28. The van der Waals surface area contributed by atoms with Gasteiger partial charge in [0.05, 0.1) is 10.6 Å². The van der Waals surface area contributed by atoms with Crippen LogP contribution in [0.2, 0.25) is 0 Å². The van der Waals surface area contributed by atoms with Crippen molar-refractivity contribution in [1.82, 2.24) is 10.3 Å². The summed E-state index contributed by atoms with van der Waals surface area (Å²) in [7, 11) is -2.88. The lowest BCUT2D eigenvalue weighted by molar-refractivity contribution is 0.217. The fourth-order valence-electron chi connectivity index (χ4n) is 3.41. The lowest BCUT2D eigenvalue weighted by Gasteiger charge is -2.21. The highest BCUT2D eigenvalue weighted by Gasteiger charge is 2.26. The van der Waals surface area contributed by atoms with Crippen LogP contribution in [0.3, 0.4) is 0 Å². The van der Waals surface area contributed by atoms with Crippen molar-refractivity contribution in [2.24, 2.45) is 5.73 Å². The van der Waals surface area contributed by atoms with E-state index in [4.69, 9.17) is 10.0 Å². The van der Waals surface area contributed by atoms with Gasteiger partial charge in [0, 0.05) is 24.1 Å². The summed E-state index contributed by atoms with van der Waals surface area (Å²) >= 11 is 0. The second-order valence-electron chi connectivity index (χ2n) is 6.97. The molecule has 1 aromatic heterocycles. The summed E-state index contributed by atoms with van der Waals surface area (Å²) in [6.45, 7) is 0.461. The topological polar surface area (TPSA) is 149 Å². The first-order valence-electron chi connectivity index (χ1n) is 9.68. The van der Waals surface area contributed by atoms with Gasteiger partial charge in [0.2, 0.25) is 0 Å². The van der Waals surface area contributed by atoms with E-state index in [-0.39, 0.29) is 16.1 Å². The SMILES string of the molecule is CNC(=O)N(OS(=O)(=O)c1ccc2ccccc2c1)c1ccc2[nH]cc(CCN)c2c1.O. The quantitative estimate of drug-likeness (QED) is 0.381. The molecule has 2 amide bonds. The number of benzene rings is 3. The van der Waals surface area contributed by atoms with E-state index in [0.29, 0.717) is 13.0 Å². The maximum Gasteiger partial charge on any atom is 0.347 e. The molecule has 32 heavy (non-hydrogen) atoms. The van der Waals surface area contributed by atoms with Gasteiger partial charge >= 0.3 is 16.1 Å². The van der Waals surface area contributed by atoms with Crippen LogP contribution in [-0.4, -0.2) is 38.5 Å². The average molecular weight is 457 g/mol. The molecule has 0 spiro atoms. The fraction of sp³-hybridized carbons (Fsp3) is 0.136. The van der Waals surface area contributed by atoms with Crippen molar-refractivity contribution in [3.8, 4) is 0 Å². The smallest absolute Gasteiger partial charge is 0.347 e. The van der Waals surface area contributed by atoms with Crippen molar-refractivity contribution in [1.29, 1.82) is 0 Å². The van der Waals surface area contributed by atoms with Crippen LogP contribution >= 0.6 is 0 Å². The van der Waals surface area contributed by atoms with Crippen molar-refractivity contribution in [2.45, 2.75) is 11.3 Å². The molecule has 3 aromatic carbocycles. The van der Waals surface area contributed by atoms with Crippen molar-refractivity contribution >= 4 is 43.5 Å². The fourth-order valence-corrected chi connectivity index (χ4v) is 4.36. The minimum Gasteiger partial charge on any atom is -0.412 e. The minimum atomic E-state index is -4.28. The van der Waals surface area contributed by atoms with E-state index < -0.39 is 16.1 Å². The number of aromatic amines is 1. The normalized spacial score (nSPS) is 11.3. The van der Waals surface area contributed by atoms with E-state index in [9.17, 15) is 13.2 Å². The second kappa shape index (κ2) is 9.37. The van der Waals surface area contributed by atoms with Crippen molar-refractivity contribution in [3.63, 3.8) is 0 Å². The molecular formula is C22H24N4O5S. The summed E-state index contributed by atoms with van der Waals surface area (Å²) in [5, 5.41) is 5.64. The number of urea groups is 1. The van der Waals surface area contributed by atoms with Crippen molar-refractivity contribution in [3.05, 3.63) is 72.4 Å². The van der Waals surface area contributed by atoms with Crippen LogP contribution in [0, 0.1) is 0 Å². The number of aromatic nitrogens is 1. The van der Waals surface area contributed by atoms with E-state index in [2.05, 4.69) is 10.3 Å². The predicted molar refractivity (Wildman–Crippen MR) is 124 cm³/mol. The molecule has 168 valence electrons. The van der Waals surface area contributed by atoms with Gasteiger partial charge in [-0.3, -0.25) is 0 Å². The molecule has 10 heteroatoms. The van der Waals surface area contributed by atoms with Crippen LogP contribution in [0.25, 0.3) is 21.7 Å². The minimum absolute atomic E-state index is 0. The Morgan fingerprint density at radius 1 is 1.09 bits per heavy atom. The van der Waals surface area contributed by atoms with E-state index in [1.54, 1.807) is 24.3 Å². The summed E-state index contributed by atoms with van der Waals surface area (Å²) in [5.41, 5.74) is 7.76. The lowest BCUT2D eigenvalue weighted by atomic mass is 10.1. The van der Waals surface area contributed by atoms with Gasteiger partial charge in [0.25, 0.3) is 0 Å². The van der Waals surface area contributed by atoms with E-state index in [1.165, 1.54) is 19.2 Å². The average Bonchev–Trinajstić information content (AvgIpc) is 3.19. The number of anilines is 1. The zero-order chi connectivity index (χ0) is 22.0. The first kappa shape index (κ1) is 23.2. The number of nitrogens with zero attached hydrogens (tertiary/aromatic N) is 1. The maximum absolute atomic E-state index is 13.0. The summed E-state index contributed by atoms with van der Waals surface area (Å²) in [5.74, 6) is 0. The zero-order valence-corrected chi connectivity index (χ0v) is 18.1. The molecular weight excluding hydrogens is 432 g/mol. The molecule has 6 N–H and O–H groups in total. The van der Waals surface area contributed by atoms with Gasteiger partial charge in [-0.25, -0.2) is 4.79 Å². The Labute approximate surface area is 185 Å². The van der Waals surface area contributed by atoms with Gasteiger partial charge in [-0.2, -0.15) is 13.5 Å². The van der Waals surface area contributed by atoms with E-state index >= 15 is 0 Å². The number of hydroxylamine groups is 1. The monoisotopic (exact) mass is 456 g/mol. The third-order valence-corrected chi connectivity index (χ3v) is 6.16. The number of nitrogens with one attached hydrogen (secondary N) is 2. The summed E-state index contributed by atoms with van der Waals surface area (Å²) in [4.78, 5) is 15.6. The molecule has 0 saturated heterocycles. The summed E-state index contributed by atoms with van der Waals surface area (Å²) < 4.78 is 31.3. The van der Waals surface area contributed by atoms with Gasteiger partial charge in [-0.15, -0.1) is 4.28 Å². The molecule has 9 nitrogen and oxygen atoms in total. The molecule has 1 heterocycles. The molecule has 0 radical (unpaired) electrons. The van der Waals surface area contributed by atoms with Crippen molar-refractivity contribution < 1.29 is 23.0 Å². The van der Waals surface area contributed by atoms with Crippen LogP contribution in [0.5, 0.6) is 0 Å². The Morgan fingerprint density at radius 3 is 2.56 bits per heavy atom. The Balaban J connectivity index is 0.00000289. The van der Waals surface area contributed by atoms with Crippen LogP contribution in [-0.2, 0) is 20.8 Å². The molecule has 0 aliphatic heterocycles. The molecule has 0 unspecified atom stereocenters. The van der Waals surface area contributed by atoms with E-state index in [0.717, 1.165) is 32.3 Å². The Bertz CT molecular complexity index is 1370. The first-order chi connectivity index (χ1) is 14.9. The second-order valence-corrected chi connectivity index (χ2v) is 8.50. The Morgan fingerprint density at radius 2 is 1.84 bits per heavy atom. The predicted octanol–water partition coefficient (Wildman–Crippen LogP) is 2.46. The van der Waals surface area contributed by atoms with Gasteiger partial charge in [-0.1, -0.05) is 30.3 Å². The number of nitrogens with two attached hydrogens (primary N) is 1. The Hall–Kier alpha value is -3.44. The highest BCUT2D eigenvalue weighted by molar-refractivity contribution is 7.86. The first-order valence-corrected chi connectivity index (χ1v) is 11.1. The number of fused-ring (bicyclic) bond motifs is 2. The highest BCUT2D eigenvalue weighted by atomic mass is 32.2. The van der Waals surface area contributed by atoms with Gasteiger partial charge in [-0.05, 0) is 59.6 Å². The third kappa shape index (κ3) is 4.43. The van der Waals surface area contributed by atoms with Gasteiger partial charge < -0.3 is 21.5 Å². The maximum atomic E-state index is 13.0. The zero-order valence-electron chi connectivity index (χ0n) is 17.3. The molecule has 0 atom stereocenters. The number of carbonyl (C=O) groups excluding carboxylic acids is 1. The van der Waals surface area contributed by atoms with Crippen LogP contribution < -0.4 is 16.1 Å². The third-order valence-electron chi connectivity index (χ3n) is 4.98. The molecule has 4 aromatic rings. The van der Waals surface area contributed by atoms with Crippen LogP contribution in [0.1, 0.15) is 5.56 Å². The Kier molecular flexibility index (Phi) is 6.80. The standard InChI is InChI=1S/C22H22N4O4S.H2O/c1-24-22(27)26(18-7-9-21-20(13-18)17(10-11-23)14-25-21)30-31(28,29)19-8-6-15-4-2-3-5-16(15)12-19;/h2-9,12-14,25H,10-11,23H2,1H3,(H,24,27);1H2. The van der Waals surface area contributed by atoms with Gasteiger partial charge in [0.1, 0.15) is 0 Å². The number of amides is 2. The molecule has 0 aliphatic rings. The van der Waals surface area contributed by atoms with Crippen molar-refractivity contribution in [2.75, 3.05) is 18.7 Å². The van der Waals surface area contributed by atoms with Crippen LogP contribution in [0.15, 0.2) is 71.8 Å². The number of hydrogen-bond donors (Lipinski definition) is 3. The molecule has 0 aliphatic carbocycles. The number of hydrogen-bond acceptors (Lipinski definition) is 5. The molecule has 0 fully saturated rings. The number of rotatable bonds is 6. The molecule has 4 rings (SSSR count). The summed E-state index contributed by atoms with van der Waals surface area (Å²) in [6.07, 6.45) is 2.48.